The highest BCUT2D eigenvalue weighted by Gasteiger charge is 2.25. The van der Waals surface area contributed by atoms with E-state index in [0.29, 0.717) is 29.7 Å². The first-order valence-corrected chi connectivity index (χ1v) is 8.04. The van der Waals surface area contributed by atoms with E-state index in [0.717, 1.165) is 12.5 Å². The Morgan fingerprint density at radius 3 is 2.76 bits per heavy atom. The molecule has 1 saturated carbocycles. The van der Waals surface area contributed by atoms with Crippen LogP contribution in [-0.2, 0) is 12.4 Å². The largest absolute Gasteiger partial charge is 0.324 e. The zero-order valence-electron chi connectivity index (χ0n) is 12.1. The van der Waals surface area contributed by atoms with E-state index in [1.807, 2.05) is 0 Å². The predicted octanol–water partition coefficient (Wildman–Crippen LogP) is 4.88. The molecule has 3 rings (SSSR count). The summed E-state index contributed by atoms with van der Waals surface area (Å²) in [6, 6.07) is 2.64. The summed E-state index contributed by atoms with van der Waals surface area (Å²) in [6.07, 6.45) is 4.78. The van der Waals surface area contributed by atoms with E-state index >= 15 is 0 Å². The first-order chi connectivity index (χ1) is 10.1. The third-order valence-electron chi connectivity index (χ3n) is 4.70. The Balaban J connectivity index is 2.05. The van der Waals surface area contributed by atoms with E-state index in [1.54, 1.807) is 4.57 Å². The first-order valence-electron chi connectivity index (χ1n) is 7.51. The third-order valence-corrected chi connectivity index (χ3v) is 4.94. The van der Waals surface area contributed by atoms with Crippen LogP contribution in [0.15, 0.2) is 12.1 Å². The van der Waals surface area contributed by atoms with Crippen molar-refractivity contribution in [3.8, 4) is 0 Å². The SMILES string of the molecule is CC1CCCCC1Cn1c(CCl)nc2ccc(F)c(F)c21. The number of imidazole rings is 1. The van der Waals surface area contributed by atoms with E-state index < -0.39 is 11.6 Å². The highest BCUT2D eigenvalue weighted by molar-refractivity contribution is 6.16. The van der Waals surface area contributed by atoms with Crippen LogP contribution in [0, 0.1) is 23.5 Å². The molecule has 2 atom stereocenters. The molecule has 0 N–H and O–H groups in total. The minimum atomic E-state index is -0.832. The van der Waals surface area contributed by atoms with E-state index in [4.69, 9.17) is 11.6 Å². The molecule has 5 heteroatoms. The van der Waals surface area contributed by atoms with Crippen LogP contribution in [0.5, 0.6) is 0 Å². The van der Waals surface area contributed by atoms with Crippen LogP contribution in [0.25, 0.3) is 11.0 Å². The van der Waals surface area contributed by atoms with Gasteiger partial charge in [0.1, 0.15) is 11.3 Å². The Bertz CT molecular complexity index is 653. The van der Waals surface area contributed by atoms with Crippen molar-refractivity contribution in [2.24, 2.45) is 11.8 Å². The number of hydrogen-bond donors (Lipinski definition) is 0. The molecule has 1 aromatic heterocycles. The lowest BCUT2D eigenvalue weighted by molar-refractivity contribution is 0.228. The van der Waals surface area contributed by atoms with E-state index in [-0.39, 0.29) is 11.4 Å². The molecule has 0 radical (unpaired) electrons. The molecule has 1 aliphatic rings. The quantitative estimate of drug-likeness (QED) is 0.739. The van der Waals surface area contributed by atoms with Crippen molar-refractivity contribution in [3.63, 3.8) is 0 Å². The van der Waals surface area contributed by atoms with Crippen molar-refractivity contribution in [3.05, 3.63) is 29.6 Å². The molecule has 1 aliphatic carbocycles. The maximum absolute atomic E-state index is 14.2. The standard InChI is InChI=1S/C16H19ClF2N2/c1-10-4-2-3-5-11(10)9-21-14(8-17)20-13-7-6-12(18)15(19)16(13)21/h6-7,10-11H,2-5,8-9H2,1H3. The van der Waals surface area contributed by atoms with Gasteiger partial charge in [-0.2, -0.15) is 0 Å². The maximum Gasteiger partial charge on any atom is 0.184 e. The molecule has 2 aromatic rings. The van der Waals surface area contributed by atoms with E-state index in [1.165, 1.54) is 25.3 Å². The molecule has 1 fully saturated rings. The minimum absolute atomic E-state index is 0.205. The summed E-state index contributed by atoms with van der Waals surface area (Å²) in [4.78, 5) is 4.35. The average molecular weight is 313 g/mol. The van der Waals surface area contributed by atoms with Crippen molar-refractivity contribution < 1.29 is 8.78 Å². The minimum Gasteiger partial charge on any atom is -0.324 e. The smallest absolute Gasteiger partial charge is 0.184 e. The van der Waals surface area contributed by atoms with Crippen LogP contribution >= 0.6 is 11.6 Å². The van der Waals surface area contributed by atoms with Crippen molar-refractivity contribution in [2.45, 2.75) is 45.0 Å². The number of nitrogens with zero attached hydrogens (tertiary/aromatic N) is 2. The molecule has 21 heavy (non-hydrogen) atoms. The Kier molecular flexibility index (Phi) is 4.16. The Morgan fingerprint density at radius 2 is 2.05 bits per heavy atom. The van der Waals surface area contributed by atoms with Crippen LogP contribution < -0.4 is 0 Å². The molecule has 114 valence electrons. The van der Waals surface area contributed by atoms with Gasteiger partial charge in [0.25, 0.3) is 0 Å². The molecular weight excluding hydrogens is 294 g/mol. The summed E-state index contributed by atoms with van der Waals surface area (Å²) >= 11 is 5.95. The number of halogens is 3. The molecule has 1 aromatic carbocycles. The van der Waals surface area contributed by atoms with Crippen LogP contribution in [0.4, 0.5) is 8.78 Å². The van der Waals surface area contributed by atoms with Gasteiger partial charge in [0.15, 0.2) is 11.6 Å². The fourth-order valence-corrected chi connectivity index (χ4v) is 3.61. The van der Waals surface area contributed by atoms with Crippen LogP contribution in [0.2, 0.25) is 0 Å². The lowest BCUT2D eigenvalue weighted by Gasteiger charge is -2.29. The molecule has 0 aliphatic heterocycles. The highest BCUT2D eigenvalue weighted by Crippen LogP contribution is 2.33. The molecule has 2 unspecified atom stereocenters. The normalized spacial score (nSPS) is 22.9. The van der Waals surface area contributed by atoms with Gasteiger partial charge in [-0.3, -0.25) is 0 Å². The molecule has 0 amide bonds. The van der Waals surface area contributed by atoms with Gasteiger partial charge >= 0.3 is 0 Å². The number of benzene rings is 1. The summed E-state index contributed by atoms with van der Waals surface area (Å²) in [5.74, 6) is 0.239. The monoisotopic (exact) mass is 312 g/mol. The van der Waals surface area contributed by atoms with Gasteiger partial charge in [-0.25, -0.2) is 13.8 Å². The second-order valence-corrected chi connectivity index (χ2v) is 6.29. The molecule has 1 heterocycles. The average Bonchev–Trinajstić information content (AvgIpc) is 2.84. The van der Waals surface area contributed by atoms with E-state index in [2.05, 4.69) is 11.9 Å². The second-order valence-electron chi connectivity index (χ2n) is 6.02. The van der Waals surface area contributed by atoms with Gasteiger partial charge < -0.3 is 4.57 Å². The lowest BCUT2D eigenvalue weighted by atomic mass is 9.80. The van der Waals surface area contributed by atoms with Gasteiger partial charge in [-0.1, -0.05) is 26.2 Å². The van der Waals surface area contributed by atoms with Gasteiger partial charge in [-0.15, -0.1) is 11.6 Å². The predicted molar refractivity (Wildman–Crippen MR) is 80.3 cm³/mol. The van der Waals surface area contributed by atoms with Crippen molar-refractivity contribution in [2.75, 3.05) is 0 Å². The number of rotatable bonds is 3. The van der Waals surface area contributed by atoms with Crippen LogP contribution in [0.3, 0.4) is 0 Å². The number of fused-ring (bicyclic) bond motifs is 1. The Morgan fingerprint density at radius 1 is 1.29 bits per heavy atom. The van der Waals surface area contributed by atoms with Crippen molar-refractivity contribution >= 4 is 22.6 Å². The third kappa shape index (κ3) is 2.66. The van der Waals surface area contributed by atoms with Gasteiger partial charge in [0.05, 0.1) is 11.4 Å². The number of alkyl halides is 1. The second kappa shape index (κ2) is 5.91. The summed E-state index contributed by atoms with van der Waals surface area (Å²) in [6.45, 7) is 2.90. The summed E-state index contributed by atoms with van der Waals surface area (Å²) in [5, 5.41) is 0. The van der Waals surface area contributed by atoms with Gasteiger partial charge in [0.2, 0.25) is 0 Å². The topological polar surface area (TPSA) is 17.8 Å². The van der Waals surface area contributed by atoms with Crippen molar-refractivity contribution in [1.82, 2.24) is 9.55 Å². The molecule has 0 saturated heterocycles. The Hall–Kier alpha value is -1.16. The zero-order chi connectivity index (χ0) is 15.0. The number of aromatic nitrogens is 2. The Labute approximate surface area is 128 Å². The molecule has 2 nitrogen and oxygen atoms in total. The summed E-state index contributed by atoms with van der Waals surface area (Å²) in [7, 11) is 0. The highest BCUT2D eigenvalue weighted by atomic mass is 35.5. The molecular formula is C16H19ClF2N2. The molecule has 0 bridgehead atoms. The van der Waals surface area contributed by atoms with Crippen LogP contribution in [0.1, 0.15) is 38.4 Å². The van der Waals surface area contributed by atoms with Crippen molar-refractivity contribution in [1.29, 1.82) is 0 Å². The fraction of sp³-hybridized carbons (Fsp3) is 0.562. The lowest BCUT2D eigenvalue weighted by Crippen LogP contribution is -2.23. The number of hydrogen-bond acceptors (Lipinski definition) is 1. The maximum atomic E-state index is 14.2. The molecule has 0 spiro atoms. The van der Waals surface area contributed by atoms with Crippen LogP contribution in [-0.4, -0.2) is 9.55 Å². The van der Waals surface area contributed by atoms with Gasteiger partial charge in [0, 0.05) is 6.54 Å². The zero-order valence-corrected chi connectivity index (χ0v) is 12.8. The fourth-order valence-electron chi connectivity index (χ4n) is 3.40. The summed E-state index contributed by atoms with van der Waals surface area (Å²) < 4.78 is 29.5. The summed E-state index contributed by atoms with van der Waals surface area (Å²) in [5.41, 5.74) is 0.733. The van der Waals surface area contributed by atoms with E-state index in [9.17, 15) is 8.78 Å². The first kappa shape index (κ1) is 14.8. The van der Waals surface area contributed by atoms with Gasteiger partial charge in [-0.05, 0) is 30.4 Å².